The average Bonchev–Trinajstić information content (AvgIpc) is 2.84. The second kappa shape index (κ2) is 6.86. The number of hydrogen-bond acceptors (Lipinski definition) is 4. The zero-order valence-corrected chi connectivity index (χ0v) is 13.2. The standard InChI is InChI=1S/C16H22N2OS/c1-4-13-16(12(3)17)20-15(18-13)9-10-19-14-8-6-5-7-11(14)2/h5-8,12H,4,9-10,17H2,1-3H3. The summed E-state index contributed by atoms with van der Waals surface area (Å²) >= 11 is 1.72. The Morgan fingerprint density at radius 1 is 1.35 bits per heavy atom. The van der Waals surface area contributed by atoms with Crippen molar-refractivity contribution < 1.29 is 4.74 Å². The lowest BCUT2D eigenvalue weighted by molar-refractivity contribution is 0.319. The van der Waals surface area contributed by atoms with Gasteiger partial charge >= 0.3 is 0 Å². The average molecular weight is 290 g/mol. The van der Waals surface area contributed by atoms with Gasteiger partial charge in [-0.05, 0) is 31.9 Å². The summed E-state index contributed by atoms with van der Waals surface area (Å²) in [5.74, 6) is 0.951. The Labute approximate surface area is 124 Å². The quantitative estimate of drug-likeness (QED) is 0.883. The van der Waals surface area contributed by atoms with Crippen LogP contribution in [0.2, 0.25) is 0 Å². The van der Waals surface area contributed by atoms with Gasteiger partial charge in [0, 0.05) is 17.3 Å². The number of aryl methyl sites for hydroxylation is 2. The Balaban J connectivity index is 1.96. The molecule has 1 aromatic heterocycles. The fourth-order valence-corrected chi connectivity index (χ4v) is 3.19. The van der Waals surface area contributed by atoms with Crippen LogP contribution >= 0.6 is 11.3 Å². The van der Waals surface area contributed by atoms with Gasteiger partial charge in [0.05, 0.1) is 17.3 Å². The summed E-state index contributed by atoms with van der Waals surface area (Å²) in [5.41, 5.74) is 8.28. The highest BCUT2D eigenvalue weighted by Crippen LogP contribution is 2.25. The summed E-state index contributed by atoms with van der Waals surface area (Å²) in [4.78, 5) is 5.87. The molecule has 0 aliphatic heterocycles. The van der Waals surface area contributed by atoms with Gasteiger partial charge in [0.2, 0.25) is 0 Å². The van der Waals surface area contributed by atoms with Crippen LogP contribution in [-0.4, -0.2) is 11.6 Å². The van der Waals surface area contributed by atoms with Gasteiger partial charge < -0.3 is 10.5 Å². The van der Waals surface area contributed by atoms with Crippen LogP contribution in [0.15, 0.2) is 24.3 Å². The van der Waals surface area contributed by atoms with Crippen molar-refractivity contribution in [1.82, 2.24) is 4.98 Å². The molecule has 0 amide bonds. The fraction of sp³-hybridized carbons (Fsp3) is 0.438. The van der Waals surface area contributed by atoms with E-state index in [0.717, 1.165) is 34.9 Å². The molecule has 1 aromatic carbocycles. The molecule has 0 aliphatic carbocycles. The molecular weight excluding hydrogens is 268 g/mol. The van der Waals surface area contributed by atoms with Gasteiger partial charge in [0.15, 0.2) is 0 Å². The maximum absolute atomic E-state index is 5.98. The molecule has 1 atom stereocenters. The van der Waals surface area contributed by atoms with Gasteiger partial charge in [-0.3, -0.25) is 0 Å². The number of hydrogen-bond donors (Lipinski definition) is 1. The fourth-order valence-electron chi connectivity index (χ4n) is 2.10. The minimum Gasteiger partial charge on any atom is -0.493 e. The summed E-state index contributed by atoms with van der Waals surface area (Å²) in [6.07, 6.45) is 1.77. The number of nitrogens with zero attached hydrogens (tertiary/aromatic N) is 1. The largest absolute Gasteiger partial charge is 0.493 e. The molecule has 0 bridgehead atoms. The Morgan fingerprint density at radius 2 is 2.10 bits per heavy atom. The number of ether oxygens (including phenoxy) is 1. The maximum atomic E-state index is 5.98. The van der Waals surface area contributed by atoms with Gasteiger partial charge in [-0.1, -0.05) is 25.1 Å². The Hall–Kier alpha value is -1.39. The van der Waals surface area contributed by atoms with E-state index in [1.54, 1.807) is 11.3 Å². The first-order chi connectivity index (χ1) is 9.61. The van der Waals surface area contributed by atoms with Crippen molar-refractivity contribution in [2.45, 2.75) is 39.7 Å². The lowest BCUT2D eigenvalue weighted by Crippen LogP contribution is -2.05. The SMILES string of the molecule is CCc1nc(CCOc2ccccc2C)sc1C(C)N. The lowest BCUT2D eigenvalue weighted by atomic mass is 10.2. The minimum atomic E-state index is 0.0634. The highest BCUT2D eigenvalue weighted by atomic mass is 32.1. The van der Waals surface area contributed by atoms with E-state index < -0.39 is 0 Å². The number of benzene rings is 1. The predicted octanol–water partition coefficient (Wildman–Crippen LogP) is 3.66. The first-order valence-electron chi connectivity index (χ1n) is 7.04. The zero-order chi connectivity index (χ0) is 14.5. The van der Waals surface area contributed by atoms with Crippen LogP contribution in [0.3, 0.4) is 0 Å². The van der Waals surface area contributed by atoms with Crippen LogP contribution in [0.1, 0.15) is 41.0 Å². The summed E-state index contributed by atoms with van der Waals surface area (Å²) in [7, 11) is 0. The molecule has 4 heteroatoms. The van der Waals surface area contributed by atoms with Crippen molar-refractivity contribution in [2.75, 3.05) is 6.61 Å². The lowest BCUT2D eigenvalue weighted by Gasteiger charge is -2.07. The molecule has 2 N–H and O–H groups in total. The van der Waals surface area contributed by atoms with E-state index in [0.29, 0.717) is 6.61 Å². The van der Waals surface area contributed by atoms with Crippen molar-refractivity contribution in [2.24, 2.45) is 5.73 Å². The van der Waals surface area contributed by atoms with E-state index in [1.165, 1.54) is 4.88 Å². The summed E-state index contributed by atoms with van der Waals surface area (Å²) in [6.45, 7) is 6.84. The monoisotopic (exact) mass is 290 g/mol. The number of nitrogens with two attached hydrogens (primary N) is 1. The third kappa shape index (κ3) is 3.58. The Kier molecular flexibility index (Phi) is 5.15. The van der Waals surface area contributed by atoms with Crippen molar-refractivity contribution in [3.63, 3.8) is 0 Å². The molecule has 3 nitrogen and oxygen atoms in total. The second-order valence-electron chi connectivity index (χ2n) is 4.92. The summed E-state index contributed by atoms with van der Waals surface area (Å²) in [6, 6.07) is 8.14. The molecule has 1 unspecified atom stereocenters. The Morgan fingerprint density at radius 3 is 2.70 bits per heavy atom. The summed E-state index contributed by atoms with van der Waals surface area (Å²) < 4.78 is 5.82. The maximum Gasteiger partial charge on any atom is 0.122 e. The van der Waals surface area contributed by atoms with Crippen LogP contribution in [-0.2, 0) is 12.8 Å². The molecule has 108 valence electrons. The molecule has 0 spiro atoms. The van der Waals surface area contributed by atoms with E-state index in [4.69, 9.17) is 10.5 Å². The topological polar surface area (TPSA) is 48.1 Å². The number of rotatable bonds is 6. The third-order valence-electron chi connectivity index (χ3n) is 3.19. The van der Waals surface area contributed by atoms with E-state index in [2.05, 4.69) is 24.9 Å². The molecule has 1 heterocycles. The minimum absolute atomic E-state index is 0.0634. The number of thiazole rings is 1. The molecule has 0 saturated carbocycles. The van der Waals surface area contributed by atoms with Crippen LogP contribution in [0.5, 0.6) is 5.75 Å². The third-order valence-corrected chi connectivity index (χ3v) is 4.55. The van der Waals surface area contributed by atoms with Gasteiger partial charge in [0.1, 0.15) is 5.75 Å². The normalized spacial score (nSPS) is 12.4. The van der Waals surface area contributed by atoms with Crippen LogP contribution in [0, 0.1) is 6.92 Å². The van der Waals surface area contributed by atoms with Crippen molar-refractivity contribution in [3.05, 3.63) is 45.4 Å². The first kappa shape index (κ1) is 15.0. The second-order valence-corrected chi connectivity index (χ2v) is 6.04. The van der Waals surface area contributed by atoms with Gasteiger partial charge in [-0.25, -0.2) is 4.98 Å². The van der Waals surface area contributed by atoms with Gasteiger partial charge in [-0.2, -0.15) is 0 Å². The molecule has 2 rings (SSSR count). The van der Waals surface area contributed by atoms with E-state index in [-0.39, 0.29) is 6.04 Å². The number of para-hydroxylation sites is 1. The van der Waals surface area contributed by atoms with E-state index >= 15 is 0 Å². The first-order valence-corrected chi connectivity index (χ1v) is 7.86. The zero-order valence-electron chi connectivity index (χ0n) is 12.3. The molecule has 0 radical (unpaired) electrons. The molecule has 0 fully saturated rings. The van der Waals surface area contributed by atoms with E-state index in [1.807, 2.05) is 25.1 Å². The van der Waals surface area contributed by atoms with Crippen molar-refractivity contribution >= 4 is 11.3 Å². The molecule has 2 aromatic rings. The molecule has 0 saturated heterocycles. The van der Waals surface area contributed by atoms with Gasteiger partial charge in [0.25, 0.3) is 0 Å². The van der Waals surface area contributed by atoms with Crippen LogP contribution in [0.4, 0.5) is 0 Å². The van der Waals surface area contributed by atoms with Crippen LogP contribution < -0.4 is 10.5 Å². The summed E-state index contributed by atoms with van der Waals surface area (Å²) in [5, 5.41) is 1.11. The predicted molar refractivity (Wildman–Crippen MR) is 84.5 cm³/mol. The molecule has 0 aliphatic rings. The molecular formula is C16H22N2OS. The highest BCUT2D eigenvalue weighted by Gasteiger charge is 2.13. The highest BCUT2D eigenvalue weighted by molar-refractivity contribution is 7.11. The smallest absolute Gasteiger partial charge is 0.122 e. The molecule has 20 heavy (non-hydrogen) atoms. The number of aromatic nitrogens is 1. The van der Waals surface area contributed by atoms with Gasteiger partial charge in [-0.15, -0.1) is 11.3 Å². The Bertz CT molecular complexity index is 563. The van der Waals surface area contributed by atoms with Crippen LogP contribution in [0.25, 0.3) is 0 Å². The van der Waals surface area contributed by atoms with Crippen molar-refractivity contribution in [3.8, 4) is 5.75 Å². The van der Waals surface area contributed by atoms with Crippen molar-refractivity contribution in [1.29, 1.82) is 0 Å². The van der Waals surface area contributed by atoms with E-state index in [9.17, 15) is 0 Å².